The van der Waals surface area contributed by atoms with Gasteiger partial charge in [0.05, 0.1) is 30.2 Å². The third-order valence-electron chi connectivity index (χ3n) is 6.11. The van der Waals surface area contributed by atoms with Gasteiger partial charge in [-0.15, -0.1) is 10.2 Å². The first-order chi connectivity index (χ1) is 18.2. The van der Waals surface area contributed by atoms with Crippen LogP contribution in [0.4, 0.5) is 0 Å². The lowest BCUT2D eigenvalue weighted by Crippen LogP contribution is -2.29. The van der Waals surface area contributed by atoms with E-state index in [1.54, 1.807) is 54.2 Å². The normalized spacial score (nSPS) is 13.2. The average Bonchev–Trinajstić information content (AvgIpc) is 3.31. The molecule has 4 rings (SSSR count). The molecule has 0 bridgehead atoms. The highest BCUT2D eigenvalue weighted by atomic mass is 35.5. The summed E-state index contributed by atoms with van der Waals surface area (Å²) in [7, 11) is 0.645. The molecule has 0 aliphatic carbocycles. The number of para-hydroxylation sites is 1. The summed E-state index contributed by atoms with van der Waals surface area (Å²) in [6, 6.07) is 10.5. The largest absolute Gasteiger partial charge is 0.494 e. The molecule has 0 saturated heterocycles. The minimum absolute atomic E-state index is 0.176. The Labute approximate surface area is 226 Å². The molecule has 12 heteroatoms. The number of pyridine rings is 2. The molecule has 0 radical (unpaired) electrons. The minimum atomic E-state index is -3.85. The van der Waals surface area contributed by atoms with Gasteiger partial charge in [-0.3, -0.25) is 14.5 Å². The van der Waals surface area contributed by atoms with Crippen LogP contribution in [0.2, 0.25) is 5.02 Å². The van der Waals surface area contributed by atoms with Gasteiger partial charge in [-0.05, 0) is 49.7 Å². The van der Waals surface area contributed by atoms with Crippen LogP contribution >= 0.6 is 11.6 Å². The van der Waals surface area contributed by atoms with Gasteiger partial charge in [0, 0.05) is 31.3 Å². The van der Waals surface area contributed by atoms with E-state index in [1.807, 2.05) is 13.0 Å². The second kappa shape index (κ2) is 11.5. The Morgan fingerprint density at radius 1 is 1.00 bits per heavy atom. The lowest BCUT2D eigenvalue weighted by atomic mass is 10.2. The number of hydrogen-bond donors (Lipinski definition) is 0. The monoisotopic (exact) mass is 557 g/mol. The SMILES string of the molecule is COc1cccc(OC)c1-n1c(CS(=O)(=O)[C@H](C)[C@@H](OC)c2ccc(Cl)cn2)nnc1-c1cncc(C)c1. The van der Waals surface area contributed by atoms with Crippen molar-refractivity contribution in [3.8, 4) is 28.6 Å². The van der Waals surface area contributed by atoms with E-state index in [-0.39, 0.29) is 5.82 Å². The Morgan fingerprint density at radius 2 is 1.71 bits per heavy atom. The van der Waals surface area contributed by atoms with E-state index in [4.69, 9.17) is 25.8 Å². The van der Waals surface area contributed by atoms with E-state index in [0.717, 1.165) is 5.56 Å². The van der Waals surface area contributed by atoms with Crippen molar-refractivity contribution in [2.75, 3.05) is 21.3 Å². The van der Waals surface area contributed by atoms with E-state index in [1.165, 1.54) is 27.5 Å². The fourth-order valence-corrected chi connectivity index (χ4v) is 5.72. The van der Waals surface area contributed by atoms with Crippen molar-refractivity contribution in [2.45, 2.75) is 31.0 Å². The van der Waals surface area contributed by atoms with Crippen molar-refractivity contribution in [2.24, 2.45) is 0 Å². The molecule has 0 aliphatic heterocycles. The maximum absolute atomic E-state index is 13.7. The Hall–Kier alpha value is -3.54. The summed E-state index contributed by atoms with van der Waals surface area (Å²) >= 11 is 5.96. The van der Waals surface area contributed by atoms with Gasteiger partial charge >= 0.3 is 0 Å². The molecule has 0 fully saturated rings. The van der Waals surface area contributed by atoms with Crippen molar-refractivity contribution < 1.29 is 22.6 Å². The molecule has 38 heavy (non-hydrogen) atoms. The first kappa shape index (κ1) is 27.5. The summed E-state index contributed by atoms with van der Waals surface area (Å²) in [4.78, 5) is 8.53. The fraction of sp³-hybridized carbons (Fsp3) is 0.308. The van der Waals surface area contributed by atoms with E-state index in [2.05, 4.69) is 20.2 Å². The molecule has 200 valence electrons. The van der Waals surface area contributed by atoms with Crippen LogP contribution in [0.3, 0.4) is 0 Å². The molecule has 0 unspecified atom stereocenters. The number of sulfone groups is 1. The predicted octanol–water partition coefficient (Wildman–Crippen LogP) is 4.39. The van der Waals surface area contributed by atoms with Gasteiger partial charge in [-0.25, -0.2) is 8.42 Å². The number of halogens is 1. The van der Waals surface area contributed by atoms with E-state index >= 15 is 0 Å². The second-order valence-electron chi connectivity index (χ2n) is 8.61. The summed E-state index contributed by atoms with van der Waals surface area (Å²) in [5.74, 6) is 1.05. The Balaban J connectivity index is 1.84. The van der Waals surface area contributed by atoms with Gasteiger partial charge in [0.1, 0.15) is 29.0 Å². The average molecular weight is 558 g/mol. The molecule has 0 saturated carbocycles. The number of ether oxygens (including phenoxy) is 3. The zero-order valence-corrected chi connectivity index (χ0v) is 23.2. The lowest BCUT2D eigenvalue weighted by Gasteiger charge is -2.23. The van der Waals surface area contributed by atoms with Crippen LogP contribution in [-0.2, 0) is 20.3 Å². The topological polar surface area (TPSA) is 118 Å². The molecule has 2 atom stereocenters. The summed E-state index contributed by atoms with van der Waals surface area (Å²) < 4.78 is 45.9. The van der Waals surface area contributed by atoms with E-state index in [0.29, 0.717) is 39.3 Å². The summed E-state index contributed by atoms with van der Waals surface area (Å²) in [5.41, 5.74) is 2.49. The molecule has 3 aromatic heterocycles. The Kier molecular flexibility index (Phi) is 8.29. The van der Waals surface area contributed by atoms with Crippen LogP contribution in [0.1, 0.15) is 30.1 Å². The number of nitrogens with zero attached hydrogens (tertiary/aromatic N) is 5. The number of benzene rings is 1. The van der Waals surface area contributed by atoms with Crippen molar-refractivity contribution in [1.29, 1.82) is 0 Å². The van der Waals surface area contributed by atoms with Crippen molar-refractivity contribution in [3.63, 3.8) is 0 Å². The number of aryl methyl sites for hydroxylation is 1. The molecule has 0 aliphatic rings. The molecule has 0 amide bonds. The highest BCUT2D eigenvalue weighted by Crippen LogP contribution is 2.37. The smallest absolute Gasteiger partial charge is 0.170 e. The summed E-state index contributed by atoms with van der Waals surface area (Å²) in [5, 5.41) is 8.16. The maximum atomic E-state index is 13.7. The van der Waals surface area contributed by atoms with Crippen LogP contribution in [0.5, 0.6) is 11.5 Å². The predicted molar refractivity (Wildman–Crippen MR) is 144 cm³/mol. The van der Waals surface area contributed by atoms with Gasteiger partial charge < -0.3 is 14.2 Å². The summed E-state index contributed by atoms with van der Waals surface area (Å²) in [6.45, 7) is 3.49. The van der Waals surface area contributed by atoms with Crippen LogP contribution < -0.4 is 9.47 Å². The van der Waals surface area contributed by atoms with Crippen LogP contribution in [-0.4, -0.2) is 59.7 Å². The van der Waals surface area contributed by atoms with Crippen molar-refractivity contribution in [1.82, 2.24) is 24.7 Å². The minimum Gasteiger partial charge on any atom is -0.494 e. The lowest BCUT2D eigenvalue weighted by molar-refractivity contribution is 0.0987. The maximum Gasteiger partial charge on any atom is 0.170 e. The number of rotatable bonds is 10. The molecule has 0 spiro atoms. The number of hydrogen-bond acceptors (Lipinski definition) is 9. The Bertz CT molecular complexity index is 1500. The first-order valence-corrected chi connectivity index (χ1v) is 13.7. The van der Waals surface area contributed by atoms with Crippen molar-refractivity contribution >= 4 is 21.4 Å². The van der Waals surface area contributed by atoms with Gasteiger partial charge in [0.25, 0.3) is 0 Å². The standard InChI is InChI=1S/C26H28ClN5O5S/c1-16-11-18(13-28-12-16)26-31-30-23(32(26)24-21(35-3)7-6-8-22(24)36-4)15-38(33,34)17(2)25(37-5)20-10-9-19(27)14-29-20/h6-14,17,25H,15H2,1-5H3/t17-,25-/m1/s1. The first-order valence-electron chi connectivity index (χ1n) is 11.6. The van der Waals surface area contributed by atoms with Crippen LogP contribution in [0.15, 0.2) is 55.0 Å². The summed E-state index contributed by atoms with van der Waals surface area (Å²) in [6.07, 6.45) is 3.99. The zero-order valence-electron chi connectivity index (χ0n) is 21.6. The fourth-order valence-electron chi connectivity index (χ4n) is 4.17. The highest BCUT2D eigenvalue weighted by Gasteiger charge is 2.34. The molecular formula is C26H28ClN5O5S. The highest BCUT2D eigenvalue weighted by molar-refractivity contribution is 7.91. The van der Waals surface area contributed by atoms with Crippen LogP contribution in [0.25, 0.3) is 17.1 Å². The Morgan fingerprint density at radius 3 is 2.29 bits per heavy atom. The van der Waals surface area contributed by atoms with Gasteiger partial charge in [0.15, 0.2) is 21.5 Å². The molecule has 4 aromatic rings. The quantitative estimate of drug-likeness (QED) is 0.279. The number of aromatic nitrogens is 5. The van der Waals surface area contributed by atoms with Crippen molar-refractivity contribution in [3.05, 3.63) is 77.1 Å². The number of methoxy groups -OCH3 is 3. The van der Waals surface area contributed by atoms with Gasteiger partial charge in [0.2, 0.25) is 0 Å². The third kappa shape index (κ3) is 5.50. The third-order valence-corrected chi connectivity index (χ3v) is 8.37. The van der Waals surface area contributed by atoms with E-state index < -0.39 is 26.9 Å². The van der Waals surface area contributed by atoms with Gasteiger partial charge in [-0.2, -0.15) is 0 Å². The van der Waals surface area contributed by atoms with Gasteiger partial charge in [-0.1, -0.05) is 17.7 Å². The molecule has 1 aromatic carbocycles. The zero-order chi connectivity index (χ0) is 27.4. The molecular weight excluding hydrogens is 530 g/mol. The second-order valence-corrected chi connectivity index (χ2v) is 11.4. The molecule has 3 heterocycles. The van der Waals surface area contributed by atoms with E-state index in [9.17, 15) is 8.42 Å². The molecule has 0 N–H and O–H groups in total. The molecule has 10 nitrogen and oxygen atoms in total. The van der Waals surface area contributed by atoms with Crippen LogP contribution in [0, 0.1) is 6.92 Å².